The molecule has 2 fully saturated rings. The Balaban J connectivity index is 1.50. The molecule has 1 aromatic rings. The molecule has 0 aromatic heterocycles. The third kappa shape index (κ3) is 4.37. The van der Waals surface area contributed by atoms with E-state index in [1.165, 1.54) is 6.07 Å². The van der Waals surface area contributed by atoms with E-state index in [4.69, 9.17) is 4.74 Å². The molecule has 0 radical (unpaired) electrons. The quantitative estimate of drug-likeness (QED) is 0.633. The van der Waals surface area contributed by atoms with Crippen LogP contribution in [0, 0.1) is 5.82 Å². The Kier molecular flexibility index (Phi) is 5.77. The SMILES string of the molecule is CC(C)(C)OC(=O)N1CCN(c2cc3c(cc2F)C(O)N(C2CCC(=O)NC2=O)C3=O)CC1. The molecule has 3 heterocycles. The average molecular weight is 462 g/mol. The molecule has 0 spiro atoms. The van der Waals surface area contributed by atoms with Crippen LogP contribution in [0.25, 0.3) is 0 Å². The number of piperazine rings is 1. The van der Waals surface area contributed by atoms with Gasteiger partial charge in [0, 0.05) is 43.7 Å². The Morgan fingerprint density at radius 3 is 2.42 bits per heavy atom. The molecule has 0 bridgehead atoms. The summed E-state index contributed by atoms with van der Waals surface area (Å²) < 4.78 is 20.4. The third-order valence-electron chi connectivity index (χ3n) is 5.94. The zero-order chi connectivity index (χ0) is 24.1. The number of imide groups is 1. The summed E-state index contributed by atoms with van der Waals surface area (Å²) in [6.07, 6.45) is -1.78. The highest BCUT2D eigenvalue weighted by Gasteiger charge is 2.45. The van der Waals surface area contributed by atoms with Gasteiger partial charge in [0.05, 0.1) is 5.69 Å². The van der Waals surface area contributed by atoms with Gasteiger partial charge in [0.25, 0.3) is 5.91 Å². The first kappa shape index (κ1) is 23.0. The van der Waals surface area contributed by atoms with Crippen molar-refractivity contribution in [1.29, 1.82) is 0 Å². The molecule has 11 heteroatoms. The van der Waals surface area contributed by atoms with Crippen molar-refractivity contribution in [1.82, 2.24) is 15.1 Å². The van der Waals surface area contributed by atoms with Gasteiger partial charge >= 0.3 is 6.09 Å². The van der Waals surface area contributed by atoms with Crippen LogP contribution in [0.3, 0.4) is 0 Å². The summed E-state index contributed by atoms with van der Waals surface area (Å²) in [5.41, 5.74) is -0.240. The number of halogens is 1. The van der Waals surface area contributed by atoms with Crippen LogP contribution < -0.4 is 10.2 Å². The smallest absolute Gasteiger partial charge is 0.410 e. The predicted octanol–water partition coefficient (Wildman–Crippen LogP) is 1.13. The van der Waals surface area contributed by atoms with Crippen LogP contribution >= 0.6 is 0 Å². The number of piperidine rings is 1. The number of nitrogens with zero attached hydrogens (tertiary/aromatic N) is 3. The van der Waals surface area contributed by atoms with Gasteiger partial charge in [0.15, 0.2) is 6.23 Å². The van der Waals surface area contributed by atoms with Crippen molar-refractivity contribution in [3.05, 3.63) is 29.1 Å². The number of hydrogen-bond acceptors (Lipinski definition) is 7. The van der Waals surface area contributed by atoms with Crippen molar-refractivity contribution < 1.29 is 33.4 Å². The molecule has 3 aliphatic rings. The summed E-state index contributed by atoms with van der Waals surface area (Å²) >= 11 is 0. The van der Waals surface area contributed by atoms with Gasteiger partial charge in [0.1, 0.15) is 17.5 Å². The number of hydrogen-bond donors (Lipinski definition) is 2. The second-order valence-corrected chi connectivity index (χ2v) is 9.40. The number of aliphatic hydroxyl groups excluding tert-OH is 1. The van der Waals surface area contributed by atoms with Crippen LogP contribution in [0.1, 0.15) is 55.8 Å². The summed E-state index contributed by atoms with van der Waals surface area (Å²) in [5.74, 6) is -2.31. The second kappa shape index (κ2) is 8.29. The number of carbonyl (C=O) groups is 4. The van der Waals surface area contributed by atoms with E-state index in [2.05, 4.69) is 5.32 Å². The number of nitrogens with one attached hydrogen (secondary N) is 1. The molecule has 10 nitrogen and oxygen atoms in total. The molecule has 3 aliphatic heterocycles. The van der Waals surface area contributed by atoms with Crippen LogP contribution in [-0.4, -0.2) is 76.5 Å². The van der Waals surface area contributed by atoms with Gasteiger partial charge in [-0.15, -0.1) is 0 Å². The molecule has 33 heavy (non-hydrogen) atoms. The standard InChI is InChI=1S/C22H27FN4O6/c1-22(2,3)33-21(32)26-8-6-25(7-9-26)16-11-13-12(10-14(16)23)19(30)27(20(13)31)15-4-5-17(28)24-18(15)29/h10-11,15,19,30H,4-9H2,1-3H3,(H,24,28,29). The monoisotopic (exact) mass is 462 g/mol. The Morgan fingerprint density at radius 1 is 1.15 bits per heavy atom. The number of ether oxygens (including phenoxy) is 1. The fourth-order valence-corrected chi connectivity index (χ4v) is 4.33. The van der Waals surface area contributed by atoms with Gasteiger partial charge in [-0.3, -0.25) is 24.6 Å². The number of carbonyl (C=O) groups excluding carboxylic acids is 4. The molecule has 2 unspecified atom stereocenters. The molecule has 4 amide bonds. The molecule has 0 saturated carbocycles. The van der Waals surface area contributed by atoms with E-state index < -0.39 is 47.5 Å². The number of fused-ring (bicyclic) bond motifs is 1. The molecule has 4 rings (SSSR count). The normalized spacial score (nSPS) is 23.5. The summed E-state index contributed by atoms with van der Waals surface area (Å²) in [5, 5.41) is 12.8. The van der Waals surface area contributed by atoms with Crippen molar-refractivity contribution in [2.45, 2.75) is 51.5 Å². The molecular formula is C22H27FN4O6. The largest absolute Gasteiger partial charge is 0.444 e. The van der Waals surface area contributed by atoms with Gasteiger partial charge in [-0.25, -0.2) is 9.18 Å². The first-order valence-electron chi connectivity index (χ1n) is 10.9. The van der Waals surface area contributed by atoms with Crippen molar-refractivity contribution in [3.63, 3.8) is 0 Å². The van der Waals surface area contributed by atoms with Crippen molar-refractivity contribution in [3.8, 4) is 0 Å². The van der Waals surface area contributed by atoms with E-state index in [9.17, 15) is 28.7 Å². The number of aliphatic hydroxyl groups is 1. The lowest BCUT2D eigenvalue weighted by atomic mass is 10.0. The highest BCUT2D eigenvalue weighted by Crippen LogP contribution is 2.38. The van der Waals surface area contributed by atoms with Crippen LogP contribution in [0.15, 0.2) is 12.1 Å². The van der Waals surface area contributed by atoms with E-state index >= 15 is 0 Å². The number of amides is 4. The summed E-state index contributed by atoms with van der Waals surface area (Å²) in [7, 11) is 0. The zero-order valence-electron chi connectivity index (χ0n) is 18.8. The van der Waals surface area contributed by atoms with Gasteiger partial charge in [-0.1, -0.05) is 0 Å². The van der Waals surface area contributed by atoms with E-state index in [-0.39, 0.29) is 29.7 Å². The van der Waals surface area contributed by atoms with E-state index in [0.29, 0.717) is 26.2 Å². The minimum absolute atomic E-state index is 0.0464. The lowest BCUT2D eigenvalue weighted by Crippen LogP contribution is -2.53. The lowest BCUT2D eigenvalue weighted by molar-refractivity contribution is -0.139. The summed E-state index contributed by atoms with van der Waals surface area (Å²) in [4.78, 5) is 53.2. The van der Waals surface area contributed by atoms with Crippen LogP contribution in [0.5, 0.6) is 0 Å². The van der Waals surface area contributed by atoms with Crippen LogP contribution in [0.2, 0.25) is 0 Å². The highest BCUT2D eigenvalue weighted by atomic mass is 19.1. The maximum atomic E-state index is 15.0. The topological polar surface area (TPSA) is 119 Å². The lowest BCUT2D eigenvalue weighted by Gasteiger charge is -2.37. The number of benzene rings is 1. The Hall–Kier alpha value is -3.21. The first-order chi connectivity index (χ1) is 15.5. The van der Waals surface area contributed by atoms with Crippen molar-refractivity contribution in [2.75, 3.05) is 31.1 Å². The van der Waals surface area contributed by atoms with E-state index in [0.717, 1.165) is 11.0 Å². The Bertz CT molecular complexity index is 1010. The highest BCUT2D eigenvalue weighted by molar-refractivity contribution is 6.06. The molecule has 2 atom stereocenters. The molecule has 0 aliphatic carbocycles. The van der Waals surface area contributed by atoms with Crippen LogP contribution in [0.4, 0.5) is 14.9 Å². The van der Waals surface area contributed by atoms with Gasteiger partial charge in [0.2, 0.25) is 11.8 Å². The predicted molar refractivity (Wildman–Crippen MR) is 114 cm³/mol. The van der Waals surface area contributed by atoms with Crippen molar-refractivity contribution >= 4 is 29.5 Å². The molecule has 178 valence electrons. The number of anilines is 1. The van der Waals surface area contributed by atoms with E-state index in [1.807, 2.05) is 0 Å². The van der Waals surface area contributed by atoms with Gasteiger partial charge < -0.3 is 19.6 Å². The minimum Gasteiger partial charge on any atom is -0.444 e. The van der Waals surface area contributed by atoms with Gasteiger partial charge in [-0.05, 0) is 39.3 Å². The minimum atomic E-state index is -1.48. The third-order valence-corrected chi connectivity index (χ3v) is 5.94. The maximum absolute atomic E-state index is 15.0. The second-order valence-electron chi connectivity index (χ2n) is 9.40. The summed E-state index contributed by atoms with van der Waals surface area (Å²) in [6.45, 7) is 6.67. The van der Waals surface area contributed by atoms with Crippen LogP contribution in [-0.2, 0) is 14.3 Å². The first-order valence-corrected chi connectivity index (χ1v) is 10.9. The van der Waals surface area contributed by atoms with E-state index in [1.54, 1.807) is 30.6 Å². The Morgan fingerprint density at radius 2 is 1.82 bits per heavy atom. The zero-order valence-corrected chi connectivity index (χ0v) is 18.8. The van der Waals surface area contributed by atoms with Crippen molar-refractivity contribution in [2.24, 2.45) is 0 Å². The molecule has 1 aromatic carbocycles. The van der Waals surface area contributed by atoms with Gasteiger partial charge in [-0.2, -0.15) is 0 Å². The molecular weight excluding hydrogens is 435 g/mol. The molecule has 2 N–H and O–H groups in total. The maximum Gasteiger partial charge on any atom is 0.410 e. The fourth-order valence-electron chi connectivity index (χ4n) is 4.33. The number of rotatable bonds is 2. The fraction of sp³-hybridized carbons (Fsp3) is 0.545. The average Bonchev–Trinajstić information content (AvgIpc) is 2.96. The Labute approximate surface area is 190 Å². The summed E-state index contributed by atoms with van der Waals surface area (Å²) in [6, 6.07) is 1.48. The molecule has 2 saturated heterocycles.